The Morgan fingerprint density at radius 2 is 1.91 bits per heavy atom. The minimum Gasteiger partial charge on any atom is -0.442 e. The van der Waals surface area contributed by atoms with E-state index in [-0.39, 0.29) is 16.7 Å². The zero-order chi connectivity index (χ0) is 16.9. The molecule has 2 heterocycles. The molecule has 0 radical (unpaired) electrons. The molecule has 2 aromatic rings. The van der Waals surface area contributed by atoms with Crippen LogP contribution < -0.4 is 0 Å². The number of aromatic nitrogens is 3. The molecule has 0 spiro atoms. The molecule has 0 bridgehead atoms. The van der Waals surface area contributed by atoms with Gasteiger partial charge in [0.25, 0.3) is 0 Å². The molecule has 22 heavy (non-hydrogen) atoms. The molecule has 0 aromatic carbocycles. The Bertz CT molecular complexity index is 748. The normalized spacial score (nSPS) is 12.7. The molecule has 2 aromatic heterocycles. The summed E-state index contributed by atoms with van der Waals surface area (Å²) in [6.45, 7) is 6.45. The Balaban J connectivity index is 2.61. The number of hydrogen-bond donors (Lipinski definition) is 0. The van der Waals surface area contributed by atoms with Gasteiger partial charge in [0.2, 0.25) is 0 Å². The Kier molecular flexibility index (Phi) is 3.85. The largest absolute Gasteiger partial charge is 0.442 e. The highest BCUT2D eigenvalue weighted by molar-refractivity contribution is 6.30. The maximum Gasteiger partial charge on any atom is 0.437 e. The molecule has 120 valence electrons. The predicted molar refractivity (Wildman–Crippen MR) is 73.9 cm³/mol. The average Bonchev–Trinajstić information content (AvgIpc) is 2.61. The Morgan fingerprint density at radius 3 is 2.41 bits per heavy atom. The van der Waals surface area contributed by atoms with E-state index < -0.39 is 28.6 Å². The lowest BCUT2D eigenvalue weighted by Gasteiger charge is -2.19. The topological polar surface area (TPSA) is 57.0 Å². The van der Waals surface area contributed by atoms with Crippen molar-refractivity contribution in [3.63, 3.8) is 0 Å². The molecule has 0 saturated heterocycles. The van der Waals surface area contributed by atoms with E-state index in [9.17, 15) is 18.0 Å². The van der Waals surface area contributed by atoms with Gasteiger partial charge in [0, 0.05) is 5.39 Å². The van der Waals surface area contributed by atoms with Gasteiger partial charge in [-0.1, -0.05) is 11.6 Å². The fraction of sp³-hybridized carbons (Fsp3) is 0.462. The van der Waals surface area contributed by atoms with Gasteiger partial charge < -0.3 is 4.74 Å². The molecule has 0 aliphatic rings. The van der Waals surface area contributed by atoms with Crippen LogP contribution in [0.25, 0.3) is 11.0 Å². The van der Waals surface area contributed by atoms with E-state index in [1.54, 1.807) is 20.8 Å². The van der Waals surface area contributed by atoms with Crippen LogP contribution in [0.15, 0.2) is 6.07 Å². The van der Waals surface area contributed by atoms with Gasteiger partial charge in [-0.25, -0.2) is 9.78 Å². The summed E-state index contributed by atoms with van der Waals surface area (Å²) in [7, 11) is 0. The van der Waals surface area contributed by atoms with Crippen LogP contribution in [0, 0.1) is 6.92 Å². The van der Waals surface area contributed by atoms with Crippen LogP contribution in [-0.4, -0.2) is 26.5 Å². The minimum atomic E-state index is -4.64. The molecule has 2 rings (SSSR count). The highest BCUT2D eigenvalue weighted by Crippen LogP contribution is 2.36. The molecule has 5 nitrogen and oxygen atoms in total. The molecular formula is C13H13ClF3N3O2. The van der Waals surface area contributed by atoms with Crippen molar-refractivity contribution in [2.24, 2.45) is 0 Å². The summed E-state index contributed by atoms with van der Waals surface area (Å²) < 4.78 is 44.5. The molecule has 0 N–H and O–H groups in total. The Morgan fingerprint density at radius 1 is 1.32 bits per heavy atom. The van der Waals surface area contributed by atoms with Gasteiger partial charge in [0.05, 0.1) is 11.3 Å². The second-order valence-corrected chi connectivity index (χ2v) is 6.03. The van der Waals surface area contributed by atoms with Crippen molar-refractivity contribution >= 4 is 28.7 Å². The zero-order valence-corrected chi connectivity index (χ0v) is 13.0. The fourth-order valence-corrected chi connectivity index (χ4v) is 2.03. The number of fused-ring (bicyclic) bond motifs is 1. The maximum absolute atomic E-state index is 12.9. The van der Waals surface area contributed by atoms with Crippen molar-refractivity contribution in [1.82, 2.24) is 14.8 Å². The summed E-state index contributed by atoms with van der Waals surface area (Å²) in [5, 5.41) is 3.23. The van der Waals surface area contributed by atoms with Crippen LogP contribution in [0.2, 0.25) is 5.15 Å². The van der Waals surface area contributed by atoms with Gasteiger partial charge in [-0.05, 0) is 33.8 Å². The van der Waals surface area contributed by atoms with E-state index in [1.807, 2.05) is 0 Å². The zero-order valence-electron chi connectivity index (χ0n) is 12.2. The lowest BCUT2D eigenvalue weighted by atomic mass is 10.2. The SMILES string of the molecule is Cc1nn(C(=O)OC(C)(C)C)c2nc(Cl)c(C(F)(F)F)cc12. The molecule has 9 heteroatoms. The van der Waals surface area contributed by atoms with Gasteiger partial charge in [0.1, 0.15) is 10.8 Å². The first kappa shape index (κ1) is 16.5. The molecule has 0 unspecified atom stereocenters. The number of aryl methyl sites for hydroxylation is 1. The van der Waals surface area contributed by atoms with Crippen molar-refractivity contribution in [1.29, 1.82) is 0 Å². The third-order valence-corrected chi connectivity index (χ3v) is 2.96. The Labute approximate surface area is 129 Å². The summed E-state index contributed by atoms with van der Waals surface area (Å²) in [6.07, 6.45) is -5.48. The predicted octanol–water partition coefficient (Wildman–Crippen LogP) is 4.20. The molecular weight excluding hydrogens is 323 g/mol. The quantitative estimate of drug-likeness (QED) is 0.677. The number of rotatable bonds is 0. The Hall–Kier alpha value is -1.83. The van der Waals surface area contributed by atoms with E-state index in [4.69, 9.17) is 16.3 Å². The van der Waals surface area contributed by atoms with Crippen molar-refractivity contribution in [2.75, 3.05) is 0 Å². The smallest absolute Gasteiger partial charge is 0.437 e. The first-order valence-electron chi connectivity index (χ1n) is 6.26. The van der Waals surface area contributed by atoms with Crippen LogP contribution in [0.3, 0.4) is 0 Å². The monoisotopic (exact) mass is 335 g/mol. The highest BCUT2D eigenvalue weighted by Gasteiger charge is 2.35. The summed E-state index contributed by atoms with van der Waals surface area (Å²) >= 11 is 5.58. The first-order valence-corrected chi connectivity index (χ1v) is 6.64. The average molecular weight is 336 g/mol. The van der Waals surface area contributed by atoms with Crippen LogP contribution >= 0.6 is 11.6 Å². The summed E-state index contributed by atoms with van der Waals surface area (Å²) in [5.41, 5.74) is -1.72. The van der Waals surface area contributed by atoms with Crippen molar-refractivity contribution < 1.29 is 22.7 Å². The van der Waals surface area contributed by atoms with Crippen molar-refractivity contribution in [3.05, 3.63) is 22.5 Å². The molecule has 0 atom stereocenters. The van der Waals surface area contributed by atoms with Gasteiger partial charge in [-0.3, -0.25) is 0 Å². The number of hydrogen-bond acceptors (Lipinski definition) is 4. The van der Waals surface area contributed by atoms with Crippen LogP contribution in [0.1, 0.15) is 32.0 Å². The van der Waals surface area contributed by atoms with Crippen LogP contribution in [-0.2, 0) is 10.9 Å². The molecule has 0 aliphatic heterocycles. The second kappa shape index (κ2) is 5.12. The number of nitrogens with zero attached hydrogens (tertiary/aromatic N) is 3. The third kappa shape index (κ3) is 3.16. The van der Waals surface area contributed by atoms with Gasteiger partial charge in [-0.15, -0.1) is 4.68 Å². The summed E-state index contributed by atoms with van der Waals surface area (Å²) in [5.74, 6) is 0. The summed E-state index contributed by atoms with van der Waals surface area (Å²) in [4.78, 5) is 15.7. The second-order valence-electron chi connectivity index (χ2n) is 5.67. The number of carbonyl (C=O) groups excluding carboxylic acids is 1. The van der Waals surface area contributed by atoms with Crippen LogP contribution in [0.5, 0.6) is 0 Å². The number of halogens is 4. The van der Waals surface area contributed by atoms with Crippen molar-refractivity contribution in [2.45, 2.75) is 39.5 Å². The van der Waals surface area contributed by atoms with Gasteiger partial charge in [-0.2, -0.15) is 18.3 Å². The van der Waals surface area contributed by atoms with E-state index in [0.717, 1.165) is 10.7 Å². The number of ether oxygens (including phenoxy) is 1. The number of carbonyl (C=O) groups is 1. The third-order valence-electron chi connectivity index (χ3n) is 2.67. The maximum atomic E-state index is 12.9. The first-order chi connectivity index (χ1) is 9.90. The van der Waals surface area contributed by atoms with E-state index in [2.05, 4.69) is 10.1 Å². The van der Waals surface area contributed by atoms with Crippen LogP contribution in [0.4, 0.5) is 18.0 Å². The van der Waals surface area contributed by atoms with Gasteiger partial charge in [0.15, 0.2) is 5.65 Å². The minimum absolute atomic E-state index is 0.0789. The highest BCUT2D eigenvalue weighted by atomic mass is 35.5. The van der Waals surface area contributed by atoms with E-state index in [1.165, 1.54) is 6.92 Å². The molecule has 0 fully saturated rings. The molecule has 0 saturated carbocycles. The van der Waals surface area contributed by atoms with Crippen molar-refractivity contribution in [3.8, 4) is 0 Å². The lowest BCUT2D eigenvalue weighted by Crippen LogP contribution is -2.28. The number of alkyl halides is 3. The fourth-order valence-electron chi connectivity index (χ4n) is 1.79. The van der Waals surface area contributed by atoms with E-state index >= 15 is 0 Å². The molecule has 0 amide bonds. The molecule has 0 aliphatic carbocycles. The standard InChI is InChI=1S/C13H13ClF3N3O2/c1-6-7-5-8(13(15,16)17)9(14)18-10(7)20(19-6)11(21)22-12(2,3)4/h5H,1-4H3. The number of pyridine rings is 1. The van der Waals surface area contributed by atoms with E-state index in [0.29, 0.717) is 0 Å². The lowest BCUT2D eigenvalue weighted by molar-refractivity contribution is -0.137. The summed E-state index contributed by atoms with van der Waals surface area (Å²) in [6, 6.07) is 0.827. The van der Waals surface area contributed by atoms with Gasteiger partial charge >= 0.3 is 12.3 Å².